The van der Waals surface area contributed by atoms with Crippen LogP contribution in [0.15, 0.2) is 18.3 Å². The molecule has 1 aromatic rings. The molecule has 1 unspecified atom stereocenters. The molecule has 1 rings (SSSR count). The maximum absolute atomic E-state index is 12.5. The van der Waals surface area contributed by atoms with Gasteiger partial charge in [-0.1, -0.05) is 0 Å². The van der Waals surface area contributed by atoms with Gasteiger partial charge in [-0.25, -0.2) is 0 Å². The van der Waals surface area contributed by atoms with Gasteiger partial charge in [0.05, 0.1) is 24.0 Å². The van der Waals surface area contributed by atoms with Gasteiger partial charge in [-0.05, 0) is 12.1 Å². The molecule has 0 bridgehead atoms. The van der Waals surface area contributed by atoms with Crippen molar-refractivity contribution in [1.29, 1.82) is 0 Å². The second-order valence-electron chi connectivity index (χ2n) is 3.31. The van der Waals surface area contributed by atoms with Gasteiger partial charge in [-0.3, -0.25) is 4.98 Å². The minimum absolute atomic E-state index is 0.0200. The first-order chi connectivity index (χ1) is 7.45. The van der Waals surface area contributed by atoms with Gasteiger partial charge in [0.25, 0.3) is 0 Å². The molecule has 3 nitrogen and oxygen atoms in total. The van der Waals surface area contributed by atoms with E-state index < -0.39 is 17.8 Å². The number of halogens is 3. The van der Waals surface area contributed by atoms with Crippen LogP contribution in [0.25, 0.3) is 0 Å². The first-order valence-electron chi connectivity index (χ1n) is 4.63. The molecule has 1 N–H and O–H groups in total. The molecule has 0 saturated carbocycles. The number of ether oxygens (including phenoxy) is 1. The van der Waals surface area contributed by atoms with E-state index in [4.69, 9.17) is 0 Å². The second-order valence-corrected chi connectivity index (χ2v) is 3.31. The van der Waals surface area contributed by atoms with Crippen LogP contribution in [-0.4, -0.2) is 29.9 Å². The summed E-state index contributed by atoms with van der Waals surface area (Å²) in [6.07, 6.45) is -4.34. The highest BCUT2D eigenvalue weighted by Gasteiger charge is 2.34. The Balaban J connectivity index is 2.87. The maximum atomic E-state index is 12.5. The lowest BCUT2D eigenvalue weighted by molar-refractivity contribution is -0.138. The normalized spacial score (nSPS) is 13.8. The van der Waals surface area contributed by atoms with Gasteiger partial charge in [0.2, 0.25) is 0 Å². The quantitative estimate of drug-likeness (QED) is 0.862. The summed E-state index contributed by atoms with van der Waals surface area (Å²) in [5, 5.41) is 9.36. The van der Waals surface area contributed by atoms with Gasteiger partial charge >= 0.3 is 6.18 Å². The third kappa shape index (κ3) is 3.46. The van der Waals surface area contributed by atoms with Crippen LogP contribution in [0.4, 0.5) is 13.2 Å². The van der Waals surface area contributed by atoms with Crippen molar-refractivity contribution in [3.63, 3.8) is 0 Å². The number of aliphatic hydroxyl groups is 1. The Morgan fingerprint density at radius 3 is 2.75 bits per heavy atom. The molecular weight excluding hydrogens is 223 g/mol. The summed E-state index contributed by atoms with van der Waals surface area (Å²) in [6, 6.07) is 2.16. The van der Waals surface area contributed by atoms with E-state index in [1.54, 1.807) is 0 Å². The standard InChI is InChI=1S/C10H12F3NO2/c1-16-6-7(15)5-9-8(10(11,12)13)3-2-4-14-9/h2-4,7,15H,5-6H2,1H3. The van der Waals surface area contributed by atoms with Crippen LogP contribution in [0.3, 0.4) is 0 Å². The molecule has 16 heavy (non-hydrogen) atoms. The third-order valence-corrected chi connectivity index (χ3v) is 1.98. The number of hydrogen-bond acceptors (Lipinski definition) is 3. The van der Waals surface area contributed by atoms with Crippen LogP contribution in [0.1, 0.15) is 11.3 Å². The van der Waals surface area contributed by atoms with Gasteiger partial charge in [0.1, 0.15) is 0 Å². The number of aliphatic hydroxyl groups excluding tert-OH is 1. The highest BCUT2D eigenvalue weighted by molar-refractivity contribution is 5.23. The van der Waals surface area contributed by atoms with Crippen molar-refractivity contribution in [2.75, 3.05) is 13.7 Å². The van der Waals surface area contributed by atoms with E-state index in [-0.39, 0.29) is 18.7 Å². The minimum atomic E-state index is -4.45. The zero-order valence-electron chi connectivity index (χ0n) is 8.66. The fourth-order valence-electron chi connectivity index (χ4n) is 1.33. The lowest BCUT2D eigenvalue weighted by Crippen LogP contribution is -2.20. The first-order valence-corrected chi connectivity index (χ1v) is 4.63. The van der Waals surface area contributed by atoms with E-state index in [2.05, 4.69) is 9.72 Å². The summed E-state index contributed by atoms with van der Waals surface area (Å²) >= 11 is 0. The van der Waals surface area contributed by atoms with Gasteiger partial charge in [-0.2, -0.15) is 13.2 Å². The number of nitrogens with zero attached hydrogens (tertiary/aromatic N) is 1. The van der Waals surface area contributed by atoms with E-state index in [0.29, 0.717) is 0 Å². The lowest BCUT2D eigenvalue weighted by Gasteiger charge is -2.14. The van der Waals surface area contributed by atoms with E-state index >= 15 is 0 Å². The zero-order valence-corrected chi connectivity index (χ0v) is 8.66. The zero-order chi connectivity index (χ0) is 12.2. The smallest absolute Gasteiger partial charge is 0.390 e. The SMILES string of the molecule is COCC(O)Cc1ncccc1C(F)(F)F. The van der Waals surface area contributed by atoms with Crippen LogP contribution in [0.2, 0.25) is 0 Å². The van der Waals surface area contributed by atoms with Crippen molar-refractivity contribution in [3.8, 4) is 0 Å². The molecule has 0 amide bonds. The molecule has 1 atom stereocenters. The predicted octanol–water partition coefficient (Wildman–Crippen LogP) is 1.65. The molecule has 6 heteroatoms. The summed E-state index contributed by atoms with van der Waals surface area (Å²) in [6.45, 7) is -0.0200. The van der Waals surface area contributed by atoms with E-state index in [0.717, 1.165) is 6.07 Å². The summed E-state index contributed by atoms with van der Waals surface area (Å²) in [4.78, 5) is 3.63. The molecule has 0 saturated heterocycles. The fraction of sp³-hybridized carbons (Fsp3) is 0.500. The molecule has 0 spiro atoms. The molecule has 1 aromatic heterocycles. The molecule has 0 aliphatic carbocycles. The van der Waals surface area contributed by atoms with Gasteiger partial charge in [0, 0.05) is 19.7 Å². The predicted molar refractivity (Wildman–Crippen MR) is 50.8 cm³/mol. The van der Waals surface area contributed by atoms with Crippen LogP contribution in [0, 0.1) is 0 Å². The number of methoxy groups -OCH3 is 1. The Labute approximate surface area is 90.9 Å². The summed E-state index contributed by atoms with van der Waals surface area (Å²) in [7, 11) is 1.37. The molecule has 90 valence electrons. The Morgan fingerprint density at radius 1 is 1.50 bits per heavy atom. The maximum Gasteiger partial charge on any atom is 0.418 e. The topological polar surface area (TPSA) is 42.4 Å². The monoisotopic (exact) mass is 235 g/mol. The third-order valence-electron chi connectivity index (χ3n) is 1.98. The van der Waals surface area contributed by atoms with E-state index in [9.17, 15) is 18.3 Å². The number of hydrogen-bond donors (Lipinski definition) is 1. The highest BCUT2D eigenvalue weighted by Crippen LogP contribution is 2.31. The number of aromatic nitrogens is 1. The lowest BCUT2D eigenvalue weighted by atomic mass is 10.1. The van der Waals surface area contributed by atoms with Crippen molar-refractivity contribution in [1.82, 2.24) is 4.98 Å². The highest BCUT2D eigenvalue weighted by atomic mass is 19.4. The second kappa shape index (κ2) is 5.27. The average Bonchev–Trinajstić information content (AvgIpc) is 2.17. The van der Waals surface area contributed by atoms with Crippen molar-refractivity contribution in [3.05, 3.63) is 29.6 Å². The van der Waals surface area contributed by atoms with Crippen LogP contribution in [0.5, 0.6) is 0 Å². The number of alkyl halides is 3. The fourth-order valence-corrected chi connectivity index (χ4v) is 1.33. The van der Waals surface area contributed by atoms with Crippen LogP contribution in [-0.2, 0) is 17.3 Å². The molecule has 1 heterocycles. The van der Waals surface area contributed by atoms with Crippen LogP contribution >= 0.6 is 0 Å². The van der Waals surface area contributed by atoms with Gasteiger partial charge in [0.15, 0.2) is 0 Å². The molecule has 0 aliphatic rings. The molecule has 0 aromatic carbocycles. The Bertz CT molecular complexity index is 341. The largest absolute Gasteiger partial charge is 0.418 e. The van der Waals surface area contributed by atoms with E-state index in [1.165, 1.54) is 19.4 Å². The van der Waals surface area contributed by atoms with Crippen molar-refractivity contribution >= 4 is 0 Å². The van der Waals surface area contributed by atoms with Crippen molar-refractivity contribution in [2.45, 2.75) is 18.7 Å². The van der Waals surface area contributed by atoms with Gasteiger partial charge in [-0.15, -0.1) is 0 Å². The Hall–Kier alpha value is -1.14. The van der Waals surface area contributed by atoms with Crippen LogP contribution < -0.4 is 0 Å². The van der Waals surface area contributed by atoms with E-state index in [1.807, 2.05) is 0 Å². The number of pyridine rings is 1. The first kappa shape index (κ1) is 12.9. The molecule has 0 radical (unpaired) electrons. The summed E-state index contributed by atoms with van der Waals surface area (Å²) in [5.41, 5.74) is -0.982. The summed E-state index contributed by atoms with van der Waals surface area (Å²) in [5.74, 6) is 0. The summed E-state index contributed by atoms with van der Waals surface area (Å²) < 4.78 is 42.2. The molecular formula is C10H12F3NO2. The molecule has 0 aliphatic heterocycles. The Kier molecular flexibility index (Phi) is 4.26. The molecule has 0 fully saturated rings. The average molecular weight is 235 g/mol. The van der Waals surface area contributed by atoms with Gasteiger partial charge < -0.3 is 9.84 Å². The van der Waals surface area contributed by atoms with Crippen molar-refractivity contribution in [2.24, 2.45) is 0 Å². The minimum Gasteiger partial charge on any atom is -0.390 e. The Morgan fingerprint density at radius 2 is 2.19 bits per heavy atom. The number of rotatable bonds is 4. The van der Waals surface area contributed by atoms with Crippen molar-refractivity contribution < 1.29 is 23.0 Å².